The molecule has 4 aromatic carbocycles. The molecular formula is C43H54FN2O11P. The second kappa shape index (κ2) is 21.1. The number of rotatable bonds is 21. The van der Waals surface area contributed by atoms with Crippen LogP contribution in [-0.2, 0) is 20.3 Å². The van der Waals surface area contributed by atoms with E-state index in [0.717, 1.165) is 27.9 Å². The van der Waals surface area contributed by atoms with E-state index in [4.69, 9.17) is 9.47 Å². The van der Waals surface area contributed by atoms with Gasteiger partial charge in [0.05, 0.1) is 26.4 Å². The zero-order valence-electron chi connectivity index (χ0n) is 33.1. The average Bonchev–Trinajstić information content (AvgIpc) is 3.23. The zero-order valence-corrected chi connectivity index (χ0v) is 34.0. The monoisotopic (exact) mass is 824 g/mol. The SMILES string of the molecule is CC(C)(c1ccc(C(O)OC(=O)P(F)C(=O)OC(O)c2ccc(C(C)(C)c3ccc(N(CCO)CCO)cc3)cc2)cc1)c1ccc(C(O)N(CCO)CCO)cc1. The van der Waals surface area contributed by atoms with Gasteiger partial charge in [-0.05, 0) is 39.9 Å². The van der Waals surface area contributed by atoms with Gasteiger partial charge in [0.25, 0.3) is 0 Å². The molecule has 0 saturated carbocycles. The number of nitrogens with zero attached hydrogens (tertiary/aromatic N) is 2. The number of hydrogen-bond donors (Lipinski definition) is 7. The summed E-state index contributed by atoms with van der Waals surface area (Å²) in [4.78, 5) is 28.5. The van der Waals surface area contributed by atoms with Crippen LogP contribution in [0.4, 0.5) is 19.5 Å². The van der Waals surface area contributed by atoms with Crippen LogP contribution in [0.5, 0.6) is 0 Å². The molecule has 7 N–H and O–H groups in total. The maximum absolute atomic E-state index is 14.9. The number of aliphatic hydroxyl groups is 7. The van der Waals surface area contributed by atoms with Crippen LogP contribution in [-0.4, -0.2) is 105 Å². The Hall–Kier alpha value is -4.34. The van der Waals surface area contributed by atoms with E-state index in [0.29, 0.717) is 18.7 Å². The molecule has 0 bridgehead atoms. The van der Waals surface area contributed by atoms with Crippen molar-refractivity contribution in [3.63, 3.8) is 0 Å². The number of ether oxygens (including phenoxy) is 2. The Labute approximate surface area is 339 Å². The van der Waals surface area contributed by atoms with Crippen molar-refractivity contribution in [3.05, 3.63) is 136 Å². The standard InChI is InChI=1S/C43H54FN2O11P/c1-42(2,32-11-5-29(6-12-32)37(51)46(23-27-49)24-28-50)33-13-7-30(8-14-33)38(52)56-40(54)58(44)41(55)57-39(53)31-9-15-34(16-10-31)43(3,4)35-17-19-36(20-18-35)45(21-25-47)22-26-48/h5-20,37-39,47-53H,21-28H2,1-4H3. The normalized spacial score (nSPS) is 14.1. The molecule has 13 nitrogen and oxygen atoms in total. The molecule has 4 atom stereocenters. The molecule has 0 aliphatic heterocycles. The van der Waals surface area contributed by atoms with E-state index in [1.54, 1.807) is 41.3 Å². The Morgan fingerprint density at radius 3 is 1.19 bits per heavy atom. The van der Waals surface area contributed by atoms with Gasteiger partial charge in [-0.15, -0.1) is 0 Å². The molecule has 0 aliphatic rings. The highest BCUT2D eigenvalue weighted by Gasteiger charge is 2.35. The average molecular weight is 825 g/mol. The molecule has 0 saturated heterocycles. The molecule has 4 aromatic rings. The lowest BCUT2D eigenvalue weighted by molar-refractivity contribution is -0.0477. The lowest BCUT2D eigenvalue weighted by Crippen LogP contribution is -2.33. The molecule has 0 heterocycles. The first kappa shape index (κ1) is 46.4. The van der Waals surface area contributed by atoms with Crippen molar-refractivity contribution in [3.8, 4) is 0 Å². The molecule has 58 heavy (non-hydrogen) atoms. The van der Waals surface area contributed by atoms with Crippen LogP contribution >= 0.6 is 8.23 Å². The van der Waals surface area contributed by atoms with E-state index >= 15 is 0 Å². The van der Waals surface area contributed by atoms with Crippen molar-refractivity contribution in [1.82, 2.24) is 4.90 Å². The van der Waals surface area contributed by atoms with Crippen LogP contribution < -0.4 is 4.90 Å². The lowest BCUT2D eigenvalue weighted by Gasteiger charge is -2.29. The van der Waals surface area contributed by atoms with E-state index in [2.05, 4.69) is 0 Å². The molecule has 0 aromatic heterocycles. The summed E-state index contributed by atoms with van der Waals surface area (Å²) in [7, 11) is -3.71. The predicted molar refractivity (Wildman–Crippen MR) is 218 cm³/mol. The molecule has 0 fully saturated rings. The number of hydrogen-bond acceptors (Lipinski definition) is 13. The van der Waals surface area contributed by atoms with Crippen molar-refractivity contribution in [2.75, 3.05) is 57.5 Å². The van der Waals surface area contributed by atoms with Gasteiger partial charge in [0.15, 0.2) is 0 Å². The molecule has 0 amide bonds. The number of halogens is 1. The summed E-state index contributed by atoms with van der Waals surface area (Å²) in [5.41, 5.74) is 0.944. The van der Waals surface area contributed by atoms with Crippen molar-refractivity contribution < 1.29 is 59.0 Å². The van der Waals surface area contributed by atoms with Gasteiger partial charge in [0, 0.05) is 53.8 Å². The Balaban J connectivity index is 1.32. The third kappa shape index (κ3) is 11.4. The van der Waals surface area contributed by atoms with Crippen LogP contribution in [0, 0.1) is 0 Å². The van der Waals surface area contributed by atoms with Crippen molar-refractivity contribution >= 4 is 25.3 Å². The molecule has 0 radical (unpaired) electrons. The summed E-state index contributed by atoms with van der Waals surface area (Å²) in [5, 5.41) is 69.2. The fourth-order valence-corrected chi connectivity index (χ4v) is 7.09. The van der Waals surface area contributed by atoms with Crippen LogP contribution in [0.1, 0.15) is 85.4 Å². The number of carbonyl (C=O) groups is 2. The first-order valence-corrected chi connectivity index (χ1v) is 20.1. The highest BCUT2D eigenvalue weighted by atomic mass is 31.2. The number of anilines is 1. The summed E-state index contributed by atoms with van der Waals surface area (Å²) in [5.74, 6) is 0. The van der Waals surface area contributed by atoms with Crippen molar-refractivity contribution in [2.24, 2.45) is 0 Å². The van der Waals surface area contributed by atoms with Gasteiger partial charge < -0.3 is 50.1 Å². The molecule has 0 aliphatic carbocycles. The first-order chi connectivity index (χ1) is 27.6. The second-order valence-corrected chi connectivity index (χ2v) is 16.0. The minimum atomic E-state index is -3.71. The van der Waals surface area contributed by atoms with Gasteiger partial charge in [-0.1, -0.05) is 113 Å². The van der Waals surface area contributed by atoms with Crippen LogP contribution in [0.3, 0.4) is 0 Å². The number of aliphatic hydroxyl groups excluding tert-OH is 7. The van der Waals surface area contributed by atoms with Gasteiger partial charge in [-0.3, -0.25) is 4.90 Å². The fraction of sp³-hybridized carbons (Fsp3) is 0.395. The largest absolute Gasteiger partial charge is 0.426 e. The van der Waals surface area contributed by atoms with Gasteiger partial charge in [-0.2, -0.15) is 0 Å². The Morgan fingerprint density at radius 2 is 0.862 bits per heavy atom. The Bertz CT molecular complexity index is 1880. The summed E-state index contributed by atoms with van der Waals surface area (Å²) < 4.78 is 24.6. The molecule has 0 spiro atoms. The minimum Gasteiger partial charge on any atom is -0.426 e. The second-order valence-electron chi connectivity index (χ2n) is 14.7. The summed E-state index contributed by atoms with van der Waals surface area (Å²) >= 11 is 0. The third-order valence-corrected chi connectivity index (χ3v) is 11.2. The van der Waals surface area contributed by atoms with Crippen LogP contribution in [0.15, 0.2) is 97.1 Å². The topological polar surface area (TPSA) is 201 Å². The minimum absolute atomic E-state index is 0.0500. The number of carbonyl (C=O) groups excluding carboxylic acids is 2. The number of benzene rings is 4. The predicted octanol–water partition coefficient (Wildman–Crippen LogP) is 5.73. The summed E-state index contributed by atoms with van der Waals surface area (Å²) in [6.07, 6.45) is -4.78. The quantitative estimate of drug-likeness (QED) is 0.0398. The van der Waals surface area contributed by atoms with Crippen molar-refractivity contribution in [2.45, 2.75) is 57.3 Å². The molecule has 15 heteroatoms. The molecular weight excluding hydrogens is 770 g/mol. The zero-order chi connectivity index (χ0) is 42.6. The molecule has 314 valence electrons. The highest BCUT2D eigenvalue weighted by molar-refractivity contribution is 7.84. The van der Waals surface area contributed by atoms with Crippen LogP contribution in [0.2, 0.25) is 0 Å². The van der Waals surface area contributed by atoms with Crippen molar-refractivity contribution in [1.29, 1.82) is 0 Å². The van der Waals surface area contributed by atoms with Crippen LogP contribution in [0.25, 0.3) is 0 Å². The Morgan fingerprint density at radius 1 is 0.552 bits per heavy atom. The van der Waals surface area contributed by atoms with E-state index in [1.165, 1.54) is 24.3 Å². The smallest absolute Gasteiger partial charge is 0.374 e. The maximum Gasteiger partial charge on any atom is 0.374 e. The van der Waals surface area contributed by atoms with Gasteiger partial charge in [0.1, 0.15) is 6.23 Å². The van der Waals surface area contributed by atoms with Gasteiger partial charge in [0.2, 0.25) is 12.6 Å². The van der Waals surface area contributed by atoms with E-state index in [9.17, 15) is 49.5 Å². The maximum atomic E-state index is 14.9. The molecule has 4 unspecified atom stereocenters. The fourth-order valence-electron chi connectivity index (χ4n) is 6.55. The highest BCUT2D eigenvalue weighted by Crippen LogP contribution is 2.44. The van der Waals surface area contributed by atoms with E-state index in [1.807, 2.05) is 69.0 Å². The van der Waals surface area contributed by atoms with Gasteiger partial charge in [-0.25, -0.2) is 13.8 Å². The Kier molecular flexibility index (Phi) is 16.8. The lowest BCUT2D eigenvalue weighted by atomic mass is 9.77. The van der Waals surface area contributed by atoms with Gasteiger partial charge >= 0.3 is 19.7 Å². The summed E-state index contributed by atoms with van der Waals surface area (Å²) in [6, 6.07) is 27.9. The molecule has 4 rings (SSSR count). The summed E-state index contributed by atoms with van der Waals surface area (Å²) in [6.45, 7) is 8.65. The first-order valence-electron chi connectivity index (χ1n) is 18.8. The van der Waals surface area contributed by atoms with E-state index < -0.39 is 49.3 Å². The van der Waals surface area contributed by atoms with E-state index in [-0.39, 0.29) is 50.6 Å². The third-order valence-electron chi connectivity index (χ3n) is 10.3.